The Morgan fingerprint density at radius 2 is 1.76 bits per heavy atom. The number of furan rings is 1. The molecule has 4 rings (SSSR count). The van der Waals surface area contributed by atoms with Gasteiger partial charge in [0, 0.05) is 5.69 Å². The second-order valence-corrected chi connectivity index (χ2v) is 7.21. The molecular weight excluding hydrogens is 364 g/mol. The van der Waals surface area contributed by atoms with Crippen molar-refractivity contribution in [3.05, 3.63) is 83.9 Å². The predicted molar refractivity (Wildman–Crippen MR) is 112 cm³/mol. The number of nitrogens with zero attached hydrogens (tertiary/aromatic N) is 3. The van der Waals surface area contributed by atoms with Gasteiger partial charge >= 0.3 is 0 Å². The van der Waals surface area contributed by atoms with Crippen molar-refractivity contribution in [3.63, 3.8) is 0 Å². The summed E-state index contributed by atoms with van der Waals surface area (Å²) in [5.41, 5.74) is 3.85. The summed E-state index contributed by atoms with van der Waals surface area (Å²) in [5, 5.41) is 7.30. The third kappa shape index (κ3) is 3.96. The molecule has 4 aromatic rings. The maximum atomic E-state index is 12.8. The van der Waals surface area contributed by atoms with Gasteiger partial charge in [-0.1, -0.05) is 43.7 Å². The van der Waals surface area contributed by atoms with Crippen molar-refractivity contribution in [2.45, 2.75) is 26.7 Å². The third-order valence-electron chi connectivity index (χ3n) is 4.67. The predicted octanol–water partition coefficient (Wildman–Crippen LogP) is 5.21. The highest BCUT2D eigenvalue weighted by Gasteiger charge is 2.20. The van der Waals surface area contributed by atoms with Crippen LogP contribution in [0.15, 0.2) is 71.3 Å². The zero-order valence-corrected chi connectivity index (χ0v) is 16.6. The van der Waals surface area contributed by atoms with E-state index in [0.29, 0.717) is 23.2 Å². The van der Waals surface area contributed by atoms with Crippen molar-refractivity contribution in [3.8, 4) is 17.3 Å². The van der Waals surface area contributed by atoms with E-state index in [0.717, 1.165) is 11.3 Å². The maximum absolute atomic E-state index is 12.8. The van der Waals surface area contributed by atoms with Crippen LogP contribution >= 0.6 is 0 Å². The molecule has 0 saturated carbocycles. The van der Waals surface area contributed by atoms with Crippen LogP contribution in [0, 0.1) is 6.92 Å². The van der Waals surface area contributed by atoms with Gasteiger partial charge in [0.2, 0.25) is 5.82 Å². The molecule has 146 valence electrons. The highest BCUT2D eigenvalue weighted by Crippen LogP contribution is 2.23. The molecule has 0 aliphatic rings. The summed E-state index contributed by atoms with van der Waals surface area (Å²) in [6.45, 7) is 6.28. The number of carbonyl (C=O) groups is 1. The van der Waals surface area contributed by atoms with E-state index < -0.39 is 0 Å². The molecule has 0 radical (unpaired) electrons. The smallest absolute Gasteiger partial charge is 0.295 e. The lowest BCUT2D eigenvalue weighted by molar-refractivity contribution is 0.101. The lowest BCUT2D eigenvalue weighted by Crippen LogP contribution is -2.14. The minimum atomic E-state index is -0.374. The first kappa shape index (κ1) is 18.7. The zero-order valence-electron chi connectivity index (χ0n) is 16.6. The van der Waals surface area contributed by atoms with E-state index >= 15 is 0 Å². The molecular formula is C23H22N4O2. The number of rotatable bonds is 5. The van der Waals surface area contributed by atoms with Crippen molar-refractivity contribution >= 4 is 11.6 Å². The molecule has 2 heterocycles. The molecule has 0 saturated heterocycles. The number of carbonyl (C=O) groups excluding carboxylic acids is 1. The van der Waals surface area contributed by atoms with Crippen LogP contribution in [0.2, 0.25) is 0 Å². The van der Waals surface area contributed by atoms with E-state index in [1.807, 2.05) is 55.5 Å². The van der Waals surface area contributed by atoms with E-state index in [-0.39, 0.29) is 11.7 Å². The fourth-order valence-corrected chi connectivity index (χ4v) is 2.98. The molecule has 0 bridgehead atoms. The van der Waals surface area contributed by atoms with Crippen LogP contribution in [0.25, 0.3) is 17.3 Å². The quantitative estimate of drug-likeness (QED) is 0.511. The number of benzene rings is 2. The van der Waals surface area contributed by atoms with Crippen LogP contribution < -0.4 is 5.32 Å². The SMILES string of the molecule is Cc1ccc(-n2nc(C(=O)Nc3ccc(C(C)C)cc3)nc2-c2ccco2)cc1. The summed E-state index contributed by atoms with van der Waals surface area (Å²) in [5.74, 6) is 1.14. The highest BCUT2D eigenvalue weighted by atomic mass is 16.3. The normalized spacial score (nSPS) is 11.0. The molecule has 29 heavy (non-hydrogen) atoms. The molecule has 0 aliphatic heterocycles. The Balaban J connectivity index is 1.66. The number of anilines is 1. The molecule has 0 aliphatic carbocycles. The molecule has 2 aromatic carbocycles. The van der Waals surface area contributed by atoms with Crippen LogP contribution in [-0.4, -0.2) is 20.7 Å². The number of nitrogens with one attached hydrogen (secondary N) is 1. The van der Waals surface area contributed by atoms with Crippen LogP contribution in [0.1, 0.15) is 41.5 Å². The molecule has 0 unspecified atom stereocenters. The standard InChI is InChI=1S/C23H22N4O2/c1-15(2)17-8-10-18(11-9-17)24-23(28)21-25-22(20-5-4-14-29-20)27(26-21)19-12-6-16(3)7-13-19/h4-15H,1-3H3,(H,24,28). The third-order valence-corrected chi connectivity index (χ3v) is 4.67. The first-order valence-corrected chi connectivity index (χ1v) is 9.50. The van der Waals surface area contributed by atoms with E-state index in [1.54, 1.807) is 23.1 Å². The topological polar surface area (TPSA) is 73.0 Å². The number of hydrogen-bond donors (Lipinski definition) is 1. The molecule has 1 amide bonds. The van der Waals surface area contributed by atoms with Gasteiger partial charge in [-0.05, 0) is 54.8 Å². The maximum Gasteiger partial charge on any atom is 0.295 e. The van der Waals surface area contributed by atoms with Crippen LogP contribution in [-0.2, 0) is 0 Å². The van der Waals surface area contributed by atoms with Crippen molar-refractivity contribution in [1.29, 1.82) is 0 Å². The second kappa shape index (κ2) is 7.75. The first-order chi connectivity index (χ1) is 14.0. The monoisotopic (exact) mass is 386 g/mol. The molecule has 0 atom stereocenters. The Morgan fingerprint density at radius 3 is 2.38 bits per heavy atom. The van der Waals surface area contributed by atoms with Crippen molar-refractivity contribution in [1.82, 2.24) is 14.8 Å². The number of aromatic nitrogens is 3. The van der Waals surface area contributed by atoms with Gasteiger partial charge in [-0.3, -0.25) is 4.79 Å². The molecule has 0 fully saturated rings. The van der Waals surface area contributed by atoms with E-state index in [1.165, 1.54) is 5.56 Å². The van der Waals surface area contributed by atoms with Gasteiger partial charge in [0.25, 0.3) is 5.91 Å². The van der Waals surface area contributed by atoms with Gasteiger partial charge in [0.05, 0.1) is 12.0 Å². The summed E-state index contributed by atoms with van der Waals surface area (Å²) in [6, 6.07) is 19.2. The Morgan fingerprint density at radius 1 is 1.03 bits per heavy atom. The highest BCUT2D eigenvalue weighted by molar-refractivity contribution is 6.01. The Labute approximate surface area is 169 Å². The number of hydrogen-bond acceptors (Lipinski definition) is 4. The van der Waals surface area contributed by atoms with E-state index in [2.05, 4.69) is 29.2 Å². The average Bonchev–Trinajstić information content (AvgIpc) is 3.39. The van der Waals surface area contributed by atoms with Crippen molar-refractivity contribution in [2.24, 2.45) is 0 Å². The largest absolute Gasteiger partial charge is 0.461 e. The Hall–Kier alpha value is -3.67. The summed E-state index contributed by atoms with van der Waals surface area (Å²) in [6.07, 6.45) is 1.57. The minimum absolute atomic E-state index is 0.0740. The molecule has 2 aromatic heterocycles. The lowest BCUT2D eigenvalue weighted by Gasteiger charge is -2.07. The van der Waals surface area contributed by atoms with Crippen molar-refractivity contribution < 1.29 is 9.21 Å². The molecule has 6 heteroatoms. The summed E-state index contributed by atoms with van der Waals surface area (Å²) < 4.78 is 7.12. The Kier molecular flexibility index (Phi) is 4.99. The fraction of sp³-hybridized carbons (Fsp3) is 0.174. The van der Waals surface area contributed by atoms with Gasteiger partial charge in [0.15, 0.2) is 11.6 Å². The molecule has 1 N–H and O–H groups in total. The summed E-state index contributed by atoms with van der Waals surface area (Å²) >= 11 is 0. The molecule has 6 nitrogen and oxygen atoms in total. The van der Waals surface area contributed by atoms with Crippen LogP contribution in [0.5, 0.6) is 0 Å². The molecule has 0 spiro atoms. The first-order valence-electron chi connectivity index (χ1n) is 9.50. The Bertz CT molecular complexity index is 1110. The van der Waals surface area contributed by atoms with Crippen molar-refractivity contribution in [2.75, 3.05) is 5.32 Å². The summed E-state index contributed by atoms with van der Waals surface area (Å²) in [7, 11) is 0. The van der Waals surface area contributed by atoms with Crippen LogP contribution in [0.4, 0.5) is 5.69 Å². The van der Waals surface area contributed by atoms with E-state index in [9.17, 15) is 4.79 Å². The van der Waals surface area contributed by atoms with Gasteiger partial charge in [-0.2, -0.15) is 4.98 Å². The van der Waals surface area contributed by atoms with Crippen LogP contribution in [0.3, 0.4) is 0 Å². The number of amides is 1. The minimum Gasteiger partial charge on any atom is -0.461 e. The number of aryl methyl sites for hydroxylation is 1. The van der Waals surface area contributed by atoms with Gasteiger partial charge < -0.3 is 9.73 Å². The fourth-order valence-electron chi connectivity index (χ4n) is 2.98. The summed E-state index contributed by atoms with van der Waals surface area (Å²) in [4.78, 5) is 17.2. The van der Waals surface area contributed by atoms with Gasteiger partial charge in [-0.15, -0.1) is 5.10 Å². The van der Waals surface area contributed by atoms with Gasteiger partial charge in [0.1, 0.15) is 0 Å². The van der Waals surface area contributed by atoms with Gasteiger partial charge in [-0.25, -0.2) is 4.68 Å². The second-order valence-electron chi connectivity index (χ2n) is 7.21. The zero-order chi connectivity index (χ0) is 20.4. The van der Waals surface area contributed by atoms with E-state index in [4.69, 9.17) is 4.42 Å². The average molecular weight is 386 g/mol. The lowest BCUT2D eigenvalue weighted by atomic mass is 10.0.